The molecule has 2 rings (SSSR count). The molecule has 0 aromatic carbocycles. The minimum Gasteiger partial charge on any atom is -0.334 e. The van der Waals surface area contributed by atoms with Gasteiger partial charge in [-0.3, -0.25) is 9.78 Å². The van der Waals surface area contributed by atoms with Crippen LogP contribution in [0.15, 0.2) is 24.5 Å². The maximum absolute atomic E-state index is 11.9. The number of rotatable bonds is 3. The van der Waals surface area contributed by atoms with E-state index in [1.54, 1.807) is 12.4 Å². The van der Waals surface area contributed by atoms with Crippen molar-refractivity contribution in [3.8, 4) is 0 Å². The fraction of sp³-hybridized carbons (Fsp3) is 0.538. The number of aromatic nitrogens is 1. The summed E-state index contributed by atoms with van der Waals surface area (Å²) < 4.78 is 0. The average molecular weight is 253 g/mol. The zero-order valence-corrected chi connectivity index (χ0v) is 10.9. The Morgan fingerprint density at radius 2 is 2.06 bits per heavy atom. The van der Waals surface area contributed by atoms with Gasteiger partial charge < -0.3 is 4.90 Å². The lowest BCUT2D eigenvalue weighted by Crippen LogP contribution is -2.33. The first-order valence-corrected chi connectivity index (χ1v) is 6.36. The van der Waals surface area contributed by atoms with E-state index in [1.807, 2.05) is 17.0 Å². The molecule has 0 radical (unpaired) electrons. The molecule has 17 heavy (non-hydrogen) atoms. The molecule has 1 amide bonds. The molecule has 0 aliphatic carbocycles. The van der Waals surface area contributed by atoms with Crippen LogP contribution in [0, 0.1) is 5.92 Å². The molecule has 4 heteroatoms. The Bertz CT molecular complexity index is 394. The molecule has 2 atom stereocenters. The molecule has 2 heterocycles. The predicted octanol–water partition coefficient (Wildman–Crippen LogP) is 2.62. The fourth-order valence-corrected chi connectivity index (χ4v) is 2.72. The number of hydrogen-bond donors (Lipinski definition) is 0. The number of alkyl halides is 1. The van der Waals surface area contributed by atoms with E-state index in [0.29, 0.717) is 18.9 Å². The van der Waals surface area contributed by atoms with E-state index in [4.69, 9.17) is 11.6 Å². The van der Waals surface area contributed by atoms with Crippen molar-refractivity contribution in [1.29, 1.82) is 0 Å². The van der Waals surface area contributed by atoms with Gasteiger partial charge in [0, 0.05) is 25.4 Å². The number of likely N-dealkylation sites (tertiary alicyclic amines) is 1. The predicted molar refractivity (Wildman–Crippen MR) is 67.8 cm³/mol. The van der Waals surface area contributed by atoms with Gasteiger partial charge in [0.05, 0.1) is 11.4 Å². The Labute approximate surface area is 107 Å². The fourth-order valence-electron chi connectivity index (χ4n) is 2.44. The topological polar surface area (TPSA) is 33.2 Å². The normalized spacial score (nSPS) is 22.2. The molecule has 0 N–H and O–H groups in total. The summed E-state index contributed by atoms with van der Waals surface area (Å²) in [7, 11) is 0. The summed E-state index contributed by atoms with van der Waals surface area (Å²) in [5.41, 5.74) is 1.13. The van der Waals surface area contributed by atoms with Crippen LogP contribution in [0.1, 0.15) is 31.9 Å². The summed E-state index contributed by atoms with van der Waals surface area (Å²) in [5.74, 6) is 0.517. The second-order valence-electron chi connectivity index (χ2n) is 4.82. The molecule has 1 aliphatic heterocycles. The van der Waals surface area contributed by atoms with E-state index in [1.165, 1.54) is 0 Å². The Morgan fingerprint density at radius 1 is 1.41 bits per heavy atom. The molecule has 1 aliphatic rings. The van der Waals surface area contributed by atoms with Crippen LogP contribution in [0.25, 0.3) is 0 Å². The van der Waals surface area contributed by atoms with Gasteiger partial charge in [-0.05, 0) is 23.6 Å². The van der Waals surface area contributed by atoms with E-state index in [9.17, 15) is 4.79 Å². The second kappa shape index (κ2) is 5.05. The van der Waals surface area contributed by atoms with Crippen molar-refractivity contribution in [3.63, 3.8) is 0 Å². The molecule has 3 nitrogen and oxygen atoms in total. The molecule has 1 aromatic heterocycles. The summed E-state index contributed by atoms with van der Waals surface area (Å²) in [5, 5.41) is -0.0504. The minimum absolute atomic E-state index is 0.0504. The molecule has 1 aromatic rings. The van der Waals surface area contributed by atoms with Crippen molar-refractivity contribution in [3.05, 3.63) is 30.1 Å². The first-order valence-electron chi connectivity index (χ1n) is 5.93. The highest BCUT2D eigenvalue weighted by Crippen LogP contribution is 2.33. The maximum Gasteiger partial charge on any atom is 0.224 e. The molecule has 1 fully saturated rings. The summed E-state index contributed by atoms with van der Waals surface area (Å²) in [6.07, 6.45) is 3.99. The number of pyridine rings is 1. The van der Waals surface area contributed by atoms with Gasteiger partial charge in [-0.2, -0.15) is 0 Å². The second-order valence-corrected chi connectivity index (χ2v) is 5.43. The molecular formula is C13H17ClN2O. The Hall–Kier alpha value is -1.09. The first-order chi connectivity index (χ1) is 8.09. The van der Waals surface area contributed by atoms with Gasteiger partial charge in [0.1, 0.15) is 0 Å². The molecule has 0 bridgehead atoms. The lowest BCUT2D eigenvalue weighted by Gasteiger charge is -2.31. The van der Waals surface area contributed by atoms with Gasteiger partial charge in [-0.1, -0.05) is 13.8 Å². The van der Waals surface area contributed by atoms with Crippen LogP contribution in [0.4, 0.5) is 0 Å². The molecule has 0 spiro atoms. The highest BCUT2D eigenvalue weighted by Gasteiger charge is 2.35. The number of amides is 1. The van der Waals surface area contributed by atoms with Gasteiger partial charge in [-0.15, -0.1) is 11.6 Å². The lowest BCUT2D eigenvalue weighted by atomic mass is 9.95. The van der Waals surface area contributed by atoms with Crippen molar-refractivity contribution < 1.29 is 4.79 Å². The van der Waals surface area contributed by atoms with Crippen LogP contribution in [0.5, 0.6) is 0 Å². The van der Waals surface area contributed by atoms with Crippen molar-refractivity contribution in [2.24, 2.45) is 5.92 Å². The standard InChI is InChI=1S/C13H17ClN2O/c1-9(2)13(10-3-5-15-6-4-10)16-8-11(14)7-12(16)17/h3-6,9,11,13H,7-8H2,1-2H3. The van der Waals surface area contributed by atoms with Gasteiger partial charge in [0.25, 0.3) is 0 Å². The highest BCUT2D eigenvalue weighted by atomic mass is 35.5. The van der Waals surface area contributed by atoms with E-state index < -0.39 is 0 Å². The molecule has 92 valence electrons. The quantitative estimate of drug-likeness (QED) is 0.775. The van der Waals surface area contributed by atoms with Gasteiger partial charge in [0.2, 0.25) is 5.91 Å². The van der Waals surface area contributed by atoms with Crippen molar-refractivity contribution in [1.82, 2.24) is 9.88 Å². The van der Waals surface area contributed by atoms with Crippen LogP contribution < -0.4 is 0 Å². The average Bonchev–Trinajstić information content (AvgIpc) is 2.59. The SMILES string of the molecule is CC(C)C(c1ccncc1)N1CC(Cl)CC1=O. The lowest BCUT2D eigenvalue weighted by molar-refractivity contribution is -0.130. The summed E-state index contributed by atoms with van der Waals surface area (Å²) in [4.78, 5) is 17.8. The van der Waals surface area contributed by atoms with Crippen molar-refractivity contribution >= 4 is 17.5 Å². The van der Waals surface area contributed by atoms with Gasteiger partial charge >= 0.3 is 0 Å². The number of hydrogen-bond acceptors (Lipinski definition) is 2. The Balaban J connectivity index is 2.27. The van der Waals surface area contributed by atoms with Gasteiger partial charge in [0.15, 0.2) is 0 Å². The zero-order valence-electron chi connectivity index (χ0n) is 10.1. The van der Waals surface area contributed by atoms with E-state index >= 15 is 0 Å². The number of carbonyl (C=O) groups is 1. The van der Waals surface area contributed by atoms with Crippen molar-refractivity contribution in [2.75, 3.05) is 6.54 Å². The van der Waals surface area contributed by atoms with Gasteiger partial charge in [-0.25, -0.2) is 0 Å². The van der Waals surface area contributed by atoms with E-state index in [-0.39, 0.29) is 17.3 Å². The van der Waals surface area contributed by atoms with Crippen LogP contribution in [-0.2, 0) is 4.79 Å². The Kier molecular flexibility index (Phi) is 3.67. The third kappa shape index (κ3) is 2.60. The highest BCUT2D eigenvalue weighted by molar-refractivity contribution is 6.22. The van der Waals surface area contributed by atoms with Crippen LogP contribution in [0.2, 0.25) is 0 Å². The molecule has 2 unspecified atom stereocenters. The zero-order chi connectivity index (χ0) is 12.4. The smallest absolute Gasteiger partial charge is 0.224 e. The van der Waals surface area contributed by atoms with E-state index in [2.05, 4.69) is 18.8 Å². The third-order valence-corrected chi connectivity index (χ3v) is 3.42. The Morgan fingerprint density at radius 3 is 2.53 bits per heavy atom. The molecular weight excluding hydrogens is 236 g/mol. The number of halogens is 1. The molecule has 1 saturated heterocycles. The van der Waals surface area contributed by atoms with Crippen LogP contribution in [-0.4, -0.2) is 27.7 Å². The molecule has 0 saturated carbocycles. The van der Waals surface area contributed by atoms with Crippen LogP contribution >= 0.6 is 11.6 Å². The van der Waals surface area contributed by atoms with Crippen LogP contribution in [0.3, 0.4) is 0 Å². The summed E-state index contributed by atoms with van der Waals surface area (Å²) in [6, 6.07) is 4.05. The van der Waals surface area contributed by atoms with E-state index in [0.717, 1.165) is 5.56 Å². The summed E-state index contributed by atoms with van der Waals surface area (Å²) in [6.45, 7) is 4.89. The largest absolute Gasteiger partial charge is 0.334 e. The first kappa shape index (κ1) is 12.4. The summed E-state index contributed by atoms with van der Waals surface area (Å²) >= 11 is 6.06. The third-order valence-electron chi connectivity index (χ3n) is 3.13. The minimum atomic E-state index is -0.0504. The number of carbonyl (C=O) groups excluding carboxylic acids is 1. The maximum atomic E-state index is 11.9. The van der Waals surface area contributed by atoms with Crippen molar-refractivity contribution in [2.45, 2.75) is 31.7 Å². The number of nitrogens with zero attached hydrogens (tertiary/aromatic N) is 2. The monoisotopic (exact) mass is 252 g/mol.